The molecule has 262 valence electrons. The lowest BCUT2D eigenvalue weighted by Gasteiger charge is -2.33. The summed E-state index contributed by atoms with van der Waals surface area (Å²) >= 11 is 0. The summed E-state index contributed by atoms with van der Waals surface area (Å²) in [6.07, 6.45) is 0. The van der Waals surface area contributed by atoms with Gasteiger partial charge in [-0.05, 0) is 68.8 Å². The van der Waals surface area contributed by atoms with E-state index >= 15 is 0 Å². The summed E-state index contributed by atoms with van der Waals surface area (Å²) < 4.78 is 6.25. The molecule has 0 N–H and O–H groups in total. The number of aromatic nitrogens is 3. The fourth-order valence-electron chi connectivity index (χ4n) is 8.77. The van der Waals surface area contributed by atoms with Crippen LogP contribution in [-0.4, -0.2) is 15.0 Å². The fourth-order valence-corrected chi connectivity index (χ4v) is 8.77. The third kappa shape index (κ3) is 4.96. The van der Waals surface area contributed by atoms with Crippen LogP contribution in [0.2, 0.25) is 0 Å². The molecule has 10 aromatic rings. The third-order valence-corrected chi connectivity index (χ3v) is 11.2. The molecule has 0 atom stereocenters. The zero-order valence-electron chi connectivity index (χ0n) is 30.3. The lowest BCUT2D eigenvalue weighted by atomic mass is 9.67. The Morgan fingerprint density at radius 3 is 1.66 bits per heavy atom. The molecule has 0 spiro atoms. The first-order chi connectivity index (χ1) is 27.8. The second-order valence-electron chi connectivity index (χ2n) is 14.3. The number of hydrogen-bond donors (Lipinski definition) is 0. The molecule has 0 unspecified atom stereocenters. The summed E-state index contributed by atoms with van der Waals surface area (Å²) in [4.78, 5) is 15.3. The topological polar surface area (TPSA) is 51.8 Å². The van der Waals surface area contributed by atoms with Crippen molar-refractivity contribution >= 4 is 21.9 Å². The molecule has 0 saturated heterocycles. The lowest BCUT2D eigenvalue weighted by Crippen LogP contribution is -2.28. The van der Waals surface area contributed by atoms with Crippen molar-refractivity contribution < 1.29 is 4.42 Å². The summed E-state index contributed by atoms with van der Waals surface area (Å²) in [5, 5.41) is 2.03. The van der Waals surface area contributed by atoms with E-state index in [0.29, 0.717) is 17.5 Å². The number of furan rings is 1. The van der Waals surface area contributed by atoms with Gasteiger partial charge < -0.3 is 4.42 Å². The Balaban J connectivity index is 1.08. The summed E-state index contributed by atoms with van der Waals surface area (Å²) in [7, 11) is 0. The number of fused-ring (bicyclic) bond motifs is 6. The summed E-state index contributed by atoms with van der Waals surface area (Å²) in [6, 6.07) is 70.5. The maximum atomic E-state index is 6.25. The second kappa shape index (κ2) is 12.9. The predicted octanol–water partition coefficient (Wildman–Crippen LogP) is 12.8. The molecule has 1 aliphatic carbocycles. The van der Waals surface area contributed by atoms with Crippen LogP contribution < -0.4 is 0 Å². The van der Waals surface area contributed by atoms with E-state index in [-0.39, 0.29) is 0 Å². The van der Waals surface area contributed by atoms with Crippen molar-refractivity contribution in [1.82, 2.24) is 15.0 Å². The first-order valence-corrected chi connectivity index (χ1v) is 18.9. The molecule has 0 aliphatic heterocycles. The van der Waals surface area contributed by atoms with Crippen molar-refractivity contribution in [3.8, 4) is 56.4 Å². The van der Waals surface area contributed by atoms with E-state index < -0.39 is 5.41 Å². The van der Waals surface area contributed by atoms with Crippen LogP contribution in [0.15, 0.2) is 205 Å². The SMILES string of the molecule is c1ccc(-c2nc(-c3cccc(-c4ccc5c(c4)-c4ccccc4C5(c4ccccc4)c4ccccc4)c3)nc(-c3cccc4oc5ccccc5c34)n2)cc1. The molecule has 11 rings (SSSR count). The minimum atomic E-state index is -0.437. The van der Waals surface area contributed by atoms with Crippen LogP contribution in [0.4, 0.5) is 0 Å². The average Bonchev–Trinajstić information content (AvgIpc) is 3.81. The molecular formula is C52H33N3O. The maximum absolute atomic E-state index is 6.25. The summed E-state index contributed by atoms with van der Waals surface area (Å²) in [6.45, 7) is 0. The van der Waals surface area contributed by atoms with Crippen molar-refractivity contribution in [2.24, 2.45) is 0 Å². The second-order valence-corrected chi connectivity index (χ2v) is 14.3. The highest BCUT2D eigenvalue weighted by Crippen LogP contribution is 2.56. The van der Waals surface area contributed by atoms with Crippen molar-refractivity contribution in [2.45, 2.75) is 5.41 Å². The number of nitrogens with zero attached hydrogens (tertiary/aromatic N) is 3. The van der Waals surface area contributed by atoms with Crippen molar-refractivity contribution in [2.75, 3.05) is 0 Å². The molecule has 2 heterocycles. The zero-order valence-corrected chi connectivity index (χ0v) is 30.3. The van der Waals surface area contributed by atoms with E-state index in [1.807, 2.05) is 60.7 Å². The van der Waals surface area contributed by atoms with Crippen molar-refractivity contribution in [3.05, 3.63) is 222 Å². The van der Waals surface area contributed by atoms with Gasteiger partial charge in [0.15, 0.2) is 17.5 Å². The van der Waals surface area contributed by atoms with Crippen molar-refractivity contribution in [1.29, 1.82) is 0 Å². The van der Waals surface area contributed by atoms with E-state index in [4.69, 9.17) is 19.4 Å². The van der Waals surface area contributed by atoms with Gasteiger partial charge in [-0.2, -0.15) is 0 Å². The van der Waals surface area contributed by atoms with Crippen LogP contribution in [-0.2, 0) is 5.41 Å². The molecule has 0 saturated carbocycles. The molecule has 56 heavy (non-hydrogen) atoms. The first-order valence-electron chi connectivity index (χ1n) is 18.9. The van der Waals surface area contributed by atoms with Crippen LogP contribution in [0.5, 0.6) is 0 Å². The third-order valence-electron chi connectivity index (χ3n) is 11.2. The van der Waals surface area contributed by atoms with Gasteiger partial charge in [0, 0.05) is 27.5 Å². The minimum Gasteiger partial charge on any atom is -0.456 e. The summed E-state index contributed by atoms with van der Waals surface area (Å²) in [5.74, 6) is 1.83. The standard InChI is InChI=1S/C52H33N3O/c1-4-16-34(17-5-1)49-53-50(55-51(54-49)42-26-15-29-47-48(42)41-25-11-13-28-46(41)56-47)37-19-14-18-35(32-37)36-30-31-45-43(33-36)40-24-10-12-27-44(40)52(45,38-20-6-2-7-21-38)39-22-8-3-9-23-39/h1-33H. The van der Waals surface area contributed by atoms with Crippen LogP contribution in [0, 0.1) is 0 Å². The molecule has 0 amide bonds. The highest BCUT2D eigenvalue weighted by molar-refractivity contribution is 6.11. The van der Waals surface area contributed by atoms with E-state index in [0.717, 1.165) is 49.8 Å². The molecule has 2 aromatic heterocycles. The quantitative estimate of drug-likeness (QED) is 0.172. The van der Waals surface area contributed by atoms with Crippen LogP contribution in [0.3, 0.4) is 0 Å². The Morgan fingerprint density at radius 1 is 0.339 bits per heavy atom. The van der Waals surface area contributed by atoms with Gasteiger partial charge in [-0.25, -0.2) is 15.0 Å². The van der Waals surface area contributed by atoms with Crippen LogP contribution >= 0.6 is 0 Å². The van der Waals surface area contributed by atoms with Gasteiger partial charge in [0.2, 0.25) is 0 Å². The average molecular weight is 716 g/mol. The largest absolute Gasteiger partial charge is 0.456 e. The smallest absolute Gasteiger partial charge is 0.164 e. The van der Waals surface area contributed by atoms with E-state index in [1.165, 1.54) is 33.4 Å². The van der Waals surface area contributed by atoms with E-state index in [2.05, 4.69) is 140 Å². The van der Waals surface area contributed by atoms with E-state index in [1.54, 1.807) is 0 Å². The van der Waals surface area contributed by atoms with Gasteiger partial charge >= 0.3 is 0 Å². The highest BCUT2D eigenvalue weighted by Gasteiger charge is 2.45. The Kier molecular flexibility index (Phi) is 7.36. The Morgan fingerprint density at radius 2 is 0.875 bits per heavy atom. The molecule has 4 heteroatoms. The predicted molar refractivity (Wildman–Crippen MR) is 226 cm³/mol. The number of hydrogen-bond acceptors (Lipinski definition) is 4. The molecule has 8 aromatic carbocycles. The van der Waals surface area contributed by atoms with Crippen LogP contribution in [0.1, 0.15) is 22.3 Å². The molecule has 0 fully saturated rings. The van der Waals surface area contributed by atoms with Crippen molar-refractivity contribution in [3.63, 3.8) is 0 Å². The monoisotopic (exact) mass is 715 g/mol. The Labute approximate surface area is 324 Å². The zero-order chi connectivity index (χ0) is 37.1. The molecule has 1 aliphatic rings. The number of rotatable bonds is 6. The maximum Gasteiger partial charge on any atom is 0.164 e. The normalized spacial score (nSPS) is 12.8. The molecule has 0 bridgehead atoms. The van der Waals surface area contributed by atoms with Crippen LogP contribution in [0.25, 0.3) is 78.4 Å². The Hall–Kier alpha value is -7.43. The minimum absolute atomic E-state index is 0.437. The van der Waals surface area contributed by atoms with Gasteiger partial charge in [0.05, 0.1) is 5.41 Å². The summed E-state index contributed by atoms with van der Waals surface area (Å²) in [5.41, 5.74) is 13.7. The first kappa shape index (κ1) is 32.0. The Bertz CT molecular complexity index is 3040. The number of para-hydroxylation sites is 1. The molecule has 0 radical (unpaired) electrons. The highest BCUT2D eigenvalue weighted by atomic mass is 16.3. The molecular weight excluding hydrogens is 683 g/mol. The number of benzene rings is 8. The lowest BCUT2D eigenvalue weighted by molar-refractivity contribution is 0.669. The van der Waals surface area contributed by atoms with E-state index in [9.17, 15) is 0 Å². The fraction of sp³-hybridized carbons (Fsp3) is 0.0192. The van der Waals surface area contributed by atoms with Gasteiger partial charge in [-0.15, -0.1) is 0 Å². The van der Waals surface area contributed by atoms with Gasteiger partial charge in [-0.3, -0.25) is 0 Å². The van der Waals surface area contributed by atoms with Gasteiger partial charge in [0.25, 0.3) is 0 Å². The molecule has 4 nitrogen and oxygen atoms in total. The van der Waals surface area contributed by atoms with Gasteiger partial charge in [-0.1, -0.05) is 176 Å². The van der Waals surface area contributed by atoms with Gasteiger partial charge in [0.1, 0.15) is 11.2 Å².